The second-order valence-electron chi connectivity index (χ2n) is 9.37. The molecule has 2 N–H and O–H groups in total. The summed E-state index contributed by atoms with van der Waals surface area (Å²) in [4.78, 5) is 13.1. The van der Waals surface area contributed by atoms with Crippen LogP contribution in [-0.2, 0) is 24.8 Å². The predicted octanol–water partition coefficient (Wildman–Crippen LogP) is 5.78. The number of rotatable bonds is 9. The van der Waals surface area contributed by atoms with Gasteiger partial charge in [0.1, 0.15) is 6.54 Å². The highest BCUT2D eigenvalue weighted by molar-refractivity contribution is 7.93. The zero-order valence-electron chi connectivity index (χ0n) is 22.1. The summed E-state index contributed by atoms with van der Waals surface area (Å²) in [5.74, 6) is -0.588. The van der Waals surface area contributed by atoms with Crippen LogP contribution in [0.3, 0.4) is 0 Å². The summed E-state index contributed by atoms with van der Waals surface area (Å²) >= 11 is 0. The molecule has 0 aliphatic rings. The number of hydrogen-bond acceptors (Lipinski definition) is 5. The first-order chi connectivity index (χ1) is 19.6. The number of hydrogen-bond donors (Lipinski definition) is 2. The Labute approximate surface area is 239 Å². The van der Waals surface area contributed by atoms with Crippen LogP contribution in [0.15, 0.2) is 131 Å². The van der Waals surface area contributed by atoms with Crippen LogP contribution in [0, 0.1) is 6.92 Å². The molecule has 1 amide bonds. The van der Waals surface area contributed by atoms with Crippen LogP contribution in [-0.4, -0.2) is 29.3 Å². The van der Waals surface area contributed by atoms with E-state index in [4.69, 9.17) is 0 Å². The maximum Gasteiger partial charge on any atom is 0.264 e. The van der Waals surface area contributed by atoms with Crippen molar-refractivity contribution in [2.75, 3.05) is 20.9 Å². The van der Waals surface area contributed by atoms with Crippen LogP contribution in [0.5, 0.6) is 0 Å². The van der Waals surface area contributed by atoms with Gasteiger partial charge >= 0.3 is 0 Å². The number of sulfonamides is 2. The fraction of sp³-hybridized carbons (Fsp3) is 0.0645. The lowest BCUT2D eigenvalue weighted by Crippen LogP contribution is -2.38. The molecule has 0 aliphatic heterocycles. The van der Waals surface area contributed by atoms with Gasteiger partial charge in [-0.25, -0.2) is 16.8 Å². The molecule has 5 aromatic rings. The summed E-state index contributed by atoms with van der Waals surface area (Å²) in [5.41, 5.74) is 2.06. The largest absolute Gasteiger partial charge is 0.325 e. The molecule has 0 spiro atoms. The zero-order chi connectivity index (χ0) is 29.0. The van der Waals surface area contributed by atoms with E-state index >= 15 is 0 Å². The first-order valence-corrected chi connectivity index (χ1v) is 15.6. The standard InChI is InChI=1S/C31H27N3O5S2/c1-23-14-18-26(19-15-23)34(41(38,39)28-10-3-2-4-11-28)22-31(35)32-25-16-20-27(21-17-25)40(36,37)33-30-13-7-9-24-8-5-6-12-29(24)30/h2-21,33H,22H2,1H3,(H,32,35). The van der Waals surface area contributed by atoms with Crippen LogP contribution in [0.4, 0.5) is 17.1 Å². The molecule has 5 rings (SSSR count). The molecule has 0 bridgehead atoms. The molecule has 0 radical (unpaired) electrons. The van der Waals surface area contributed by atoms with Crippen molar-refractivity contribution >= 4 is 53.8 Å². The molecule has 10 heteroatoms. The summed E-state index contributed by atoms with van der Waals surface area (Å²) in [6, 6.07) is 33.2. The molecule has 0 aromatic heterocycles. The third-order valence-electron chi connectivity index (χ3n) is 6.42. The minimum absolute atomic E-state index is 0.0105. The average Bonchev–Trinajstić information content (AvgIpc) is 2.97. The Balaban J connectivity index is 1.34. The average molecular weight is 586 g/mol. The third-order valence-corrected chi connectivity index (χ3v) is 9.59. The Morgan fingerprint density at radius 3 is 2.02 bits per heavy atom. The van der Waals surface area contributed by atoms with Crippen LogP contribution >= 0.6 is 0 Å². The number of amides is 1. The number of nitrogens with zero attached hydrogens (tertiary/aromatic N) is 1. The number of anilines is 3. The van der Waals surface area contributed by atoms with Gasteiger partial charge in [0.05, 0.1) is 21.2 Å². The van der Waals surface area contributed by atoms with E-state index in [9.17, 15) is 21.6 Å². The van der Waals surface area contributed by atoms with Gasteiger partial charge in [0, 0.05) is 11.1 Å². The molecular weight excluding hydrogens is 558 g/mol. The molecule has 41 heavy (non-hydrogen) atoms. The molecule has 0 atom stereocenters. The van der Waals surface area contributed by atoms with Gasteiger partial charge < -0.3 is 5.32 Å². The summed E-state index contributed by atoms with van der Waals surface area (Å²) in [6.07, 6.45) is 0. The van der Waals surface area contributed by atoms with Crippen molar-refractivity contribution in [3.8, 4) is 0 Å². The maximum atomic E-state index is 13.5. The quantitative estimate of drug-likeness (QED) is 0.228. The van der Waals surface area contributed by atoms with Gasteiger partial charge in [-0.05, 0) is 66.9 Å². The monoisotopic (exact) mass is 585 g/mol. The Morgan fingerprint density at radius 1 is 0.683 bits per heavy atom. The van der Waals surface area contributed by atoms with Crippen molar-refractivity contribution in [2.45, 2.75) is 16.7 Å². The maximum absolute atomic E-state index is 13.5. The van der Waals surface area contributed by atoms with Crippen LogP contribution < -0.4 is 14.3 Å². The van der Waals surface area contributed by atoms with E-state index in [1.165, 1.54) is 36.4 Å². The van der Waals surface area contributed by atoms with Crippen molar-refractivity contribution < 1.29 is 21.6 Å². The van der Waals surface area contributed by atoms with Gasteiger partial charge in [0.2, 0.25) is 5.91 Å². The highest BCUT2D eigenvalue weighted by Crippen LogP contribution is 2.27. The molecule has 208 valence electrons. The molecular formula is C31H27N3O5S2. The second kappa shape index (κ2) is 11.4. The van der Waals surface area contributed by atoms with E-state index < -0.39 is 32.5 Å². The lowest BCUT2D eigenvalue weighted by Gasteiger charge is -2.24. The van der Waals surface area contributed by atoms with Gasteiger partial charge in [-0.1, -0.05) is 72.3 Å². The summed E-state index contributed by atoms with van der Waals surface area (Å²) in [5, 5.41) is 4.34. The van der Waals surface area contributed by atoms with E-state index in [0.29, 0.717) is 17.1 Å². The van der Waals surface area contributed by atoms with E-state index in [0.717, 1.165) is 20.6 Å². The van der Waals surface area contributed by atoms with E-state index in [1.807, 2.05) is 37.3 Å². The van der Waals surface area contributed by atoms with E-state index in [2.05, 4.69) is 10.0 Å². The van der Waals surface area contributed by atoms with Crippen molar-refractivity contribution in [3.05, 3.63) is 127 Å². The number of carbonyl (C=O) groups is 1. The third kappa shape index (κ3) is 6.24. The summed E-state index contributed by atoms with van der Waals surface area (Å²) in [6.45, 7) is 1.40. The zero-order valence-corrected chi connectivity index (χ0v) is 23.7. The van der Waals surface area contributed by atoms with Crippen LogP contribution in [0.25, 0.3) is 10.8 Å². The number of benzene rings is 5. The highest BCUT2D eigenvalue weighted by atomic mass is 32.2. The molecule has 0 saturated carbocycles. The Bertz CT molecular complexity index is 1900. The lowest BCUT2D eigenvalue weighted by molar-refractivity contribution is -0.114. The van der Waals surface area contributed by atoms with Gasteiger partial charge in [-0.2, -0.15) is 0 Å². The van der Waals surface area contributed by atoms with Gasteiger partial charge in [0.25, 0.3) is 20.0 Å². The highest BCUT2D eigenvalue weighted by Gasteiger charge is 2.27. The Morgan fingerprint density at radius 2 is 1.32 bits per heavy atom. The molecule has 5 aromatic carbocycles. The predicted molar refractivity (Wildman–Crippen MR) is 162 cm³/mol. The number of aryl methyl sites for hydroxylation is 1. The van der Waals surface area contributed by atoms with Crippen molar-refractivity contribution in [3.63, 3.8) is 0 Å². The van der Waals surface area contributed by atoms with Crippen molar-refractivity contribution in [2.24, 2.45) is 0 Å². The first-order valence-electron chi connectivity index (χ1n) is 12.7. The minimum atomic E-state index is -4.04. The van der Waals surface area contributed by atoms with Crippen molar-refractivity contribution in [1.29, 1.82) is 0 Å². The van der Waals surface area contributed by atoms with Gasteiger partial charge in [0.15, 0.2) is 0 Å². The van der Waals surface area contributed by atoms with Gasteiger partial charge in [-0.3, -0.25) is 13.8 Å². The molecule has 8 nitrogen and oxygen atoms in total. The van der Waals surface area contributed by atoms with E-state index in [-0.39, 0.29) is 9.79 Å². The fourth-order valence-electron chi connectivity index (χ4n) is 4.31. The topological polar surface area (TPSA) is 113 Å². The number of nitrogens with one attached hydrogen (secondary N) is 2. The lowest BCUT2D eigenvalue weighted by atomic mass is 10.1. The molecule has 0 fully saturated rings. The molecule has 0 aliphatic carbocycles. The molecule has 0 unspecified atom stereocenters. The number of carbonyl (C=O) groups excluding carboxylic acids is 1. The fourth-order valence-corrected chi connectivity index (χ4v) is 6.83. The minimum Gasteiger partial charge on any atom is -0.325 e. The smallest absolute Gasteiger partial charge is 0.264 e. The summed E-state index contributed by atoms with van der Waals surface area (Å²) < 4.78 is 56.8. The number of fused-ring (bicyclic) bond motifs is 1. The van der Waals surface area contributed by atoms with Gasteiger partial charge in [-0.15, -0.1) is 0 Å². The molecule has 0 saturated heterocycles. The van der Waals surface area contributed by atoms with E-state index in [1.54, 1.807) is 54.6 Å². The SMILES string of the molecule is Cc1ccc(N(CC(=O)Nc2ccc(S(=O)(=O)Nc3cccc4ccccc34)cc2)S(=O)(=O)c2ccccc2)cc1. The molecule has 0 heterocycles. The van der Waals surface area contributed by atoms with Crippen LogP contribution in [0.2, 0.25) is 0 Å². The Hall–Kier alpha value is -4.67. The normalized spacial score (nSPS) is 11.6. The van der Waals surface area contributed by atoms with Crippen molar-refractivity contribution in [1.82, 2.24) is 0 Å². The summed E-state index contributed by atoms with van der Waals surface area (Å²) in [7, 11) is -7.95. The van der Waals surface area contributed by atoms with Crippen LogP contribution in [0.1, 0.15) is 5.56 Å². The Kier molecular flexibility index (Phi) is 7.78. The first kappa shape index (κ1) is 27.9. The second-order valence-corrected chi connectivity index (χ2v) is 12.9.